The molecular formula is C15H26N2O2S. The van der Waals surface area contributed by atoms with Crippen molar-refractivity contribution in [1.82, 2.24) is 0 Å². The van der Waals surface area contributed by atoms with E-state index >= 15 is 0 Å². The van der Waals surface area contributed by atoms with Crippen molar-refractivity contribution in [1.29, 1.82) is 0 Å². The molecule has 0 aliphatic heterocycles. The summed E-state index contributed by atoms with van der Waals surface area (Å²) in [6, 6.07) is 7.42. The molecule has 0 atom stereocenters. The Labute approximate surface area is 123 Å². The Balaban J connectivity index is 3.09. The number of benzene rings is 1. The van der Waals surface area contributed by atoms with Gasteiger partial charge in [0.15, 0.2) is 0 Å². The van der Waals surface area contributed by atoms with E-state index in [1.807, 2.05) is 52.0 Å². The van der Waals surface area contributed by atoms with Gasteiger partial charge in [0, 0.05) is 13.1 Å². The first-order valence-electron chi connectivity index (χ1n) is 6.99. The average Bonchev–Trinajstić information content (AvgIpc) is 2.33. The van der Waals surface area contributed by atoms with Crippen LogP contribution in [0.4, 0.5) is 5.69 Å². The molecule has 4 nitrogen and oxygen atoms in total. The minimum atomic E-state index is -3.31. The number of hydrogen-bond donors (Lipinski definition) is 1. The van der Waals surface area contributed by atoms with E-state index in [0.717, 1.165) is 12.0 Å². The molecule has 0 fully saturated rings. The molecule has 0 saturated heterocycles. The van der Waals surface area contributed by atoms with Gasteiger partial charge < -0.3 is 5.73 Å². The normalized spacial score (nSPS) is 12.4. The monoisotopic (exact) mass is 298 g/mol. The molecule has 0 bridgehead atoms. The number of nitrogens with zero attached hydrogens (tertiary/aromatic N) is 1. The summed E-state index contributed by atoms with van der Waals surface area (Å²) in [5.41, 5.74) is 7.02. The zero-order valence-corrected chi connectivity index (χ0v) is 13.7. The zero-order valence-electron chi connectivity index (χ0n) is 12.9. The Morgan fingerprint density at radius 2 is 1.70 bits per heavy atom. The molecule has 20 heavy (non-hydrogen) atoms. The Kier molecular flexibility index (Phi) is 5.59. The lowest BCUT2D eigenvalue weighted by atomic mass is 10.0. The molecule has 0 aromatic heterocycles. The van der Waals surface area contributed by atoms with Crippen LogP contribution in [0.15, 0.2) is 24.3 Å². The van der Waals surface area contributed by atoms with Gasteiger partial charge in [-0.2, -0.15) is 0 Å². The summed E-state index contributed by atoms with van der Waals surface area (Å²) in [6.45, 7) is 8.75. The molecule has 2 N–H and O–H groups in total. The maximum atomic E-state index is 12.6. The summed E-state index contributed by atoms with van der Waals surface area (Å²) in [7, 11) is -3.31. The van der Waals surface area contributed by atoms with Crippen LogP contribution in [-0.2, 0) is 16.6 Å². The van der Waals surface area contributed by atoms with E-state index in [9.17, 15) is 8.42 Å². The molecule has 0 saturated carbocycles. The van der Waals surface area contributed by atoms with Gasteiger partial charge in [0.25, 0.3) is 0 Å². The van der Waals surface area contributed by atoms with Crippen molar-refractivity contribution in [2.75, 3.05) is 16.6 Å². The van der Waals surface area contributed by atoms with E-state index in [1.54, 1.807) is 0 Å². The fourth-order valence-electron chi connectivity index (χ4n) is 2.06. The molecule has 1 rings (SSSR count). The molecule has 1 aromatic rings. The zero-order chi connectivity index (χ0) is 15.4. The number of anilines is 1. The van der Waals surface area contributed by atoms with Crippen LogP contribution in [0.3, 0.4) is 0 Å². The SMILES string of the molecule is CCCN(c1ccc(CN)cc1)S(=O)(=O)CC(C)(C)C. The molecule has 0 radical (unpaired) electrons. The fourth-order valence-corrected chi connectivity index (χ4v) is 4.21. The van der Waals surface area contributed by atoms with Crippen LogP contribution in [0, 0.1) is 5.41 Å². The fraction of sp³-hybridized carbons (Fsp3) is 0.600. The molecule has 114 valence electrons. The van der Waals surface area contributed by atoms with Crippen LogP contribution in [-0.4, -0.2) is 20.7 Å². The van der Waals surface area contributed by atoms with Crippen LogP contribution in [0.1, 0.15) is 39.7 Å². The lowest BCUT2D eigenvalue weighted by molar-refractivity contribution is 0.460. The van der Waals surface area contributed by atoms with Gasteiger partial charge in [0.05, 0.1) is 11.4 Å². The molecule has 5 heteroatoms. The molecule has 0 aliphatic rings. The molecule has 0 amide bonds. The third-order valence-electron chi connectivity index (χ3n) is 2.84. The van der Waals surface area contributed by atoms with Gasteiger partial charge in [0.2, 0.25) is 10.0 Å². The minimum absolute atomic E-state index is 0.138. The van der Waals surface area contributed by atoms with Gasteiger partial charge in [-0.15, -0.1) is 0 Å². The summed E-state index contributed by atoms with van der Waals surface area (Å²) >= 11 is 0. The van der Waals surface area contributed by atoms with Crippen LogP contribution in [0.2, 0.25) is 0 Å². The third-order valence-corrected chi connectivity index (χ3v) is 5.13. The number of hydrogen-bond acceptors (Lipinski definition) is 3. The van der Waals surface area contributed by atoms with E-state index in [2.05, 4.69) is 0 Å². The van der Waals surface area contributed by atoms with Gasteiger partial charge in [-0.3, -0.25) is 4.31 Å². The van der Waals surface area contributed by atoms with Crippen molar-refractivity contribution in [3.63, 3.8) is 0 Å². The second kappa shape index (κ2) is 6.59. The Bertz CT molecular complexity index is 516. The van der Waals surface area contributed by atoms with Gasteiger partial charge in [-0.25, -0.2) is 8.42 Å². The topological polar surface area (TPSA) is 63.4 Å². The summed E-state index contributed by atoms with van der Waals surface area (Å²) in [4.78, 5) is 0. The summed E-state index contributed by atoms with van der Waals surface area (Å²) in [6.07, 6.45) is 0.780. The molecule has 0 unspecified atom stereocenters. The standard InChI is InChI=1S/C15H26N2O2S/c1-5-10-17(20(18,19)12-15(2,3)4)14-8-6-13(11-16)7-9-14/h6-9H,5,10-12,16H2,1-4H3. The summed E-state index contributed by atoms with van der Waals surface area (Å²) in [5.74, 6) is 0.138. The highest BCUT2D eigenvalue weighted by molar-refractivity contribution is 7.92. The number of sulfonamides is 1. The minimum Gasteiger partial charge on any atom is -0.326 e. The van der Waals surface area contributed by atoms with E-state index in [-0.39, 0.29) is 11.2 Å². The van der Waals surface area contributed by atoms with Crippen molar-refractivity contribution in [2.45, 2.75) is 40.7 Å². The molecule has 0 aliphatic carbocycles. The first kappa shape index (κ1) is 17.0. The van der Waals surface area contributed by atoms with Gasteiger partial charge in [-0.1, -0.05) is 39.8 Å². The second-order valence-corrected chi connectivity index (χ2v) is 8.15. The first-order valence-corrected chi connectivity index (χ1v) is 8.60. The highest BCUT2D eigenvalue weighted by Crippen LogP contribution is 2.24. The van der Waals surface area contributed by atoms with Crippen LogP contribution < -0.4 is 10.0 Å². The van der Waals surface area contributed by atoms with Crippen molar-refractivity contribution < 1.29 is 8.42 Å². The quantitative estimate of drug-likeness (QED) is 0.878. The van der Waals surface area contributed by atoms with Gasteiger partial charge >= 0.3 is 0 Å². The van der Waals surface area contributed by atoms with Crippen molar-refractivity contribution >= 4 is 15.7 Å². The molecule has 0 spiro atoms. The Hall–Kier alpha value is -1.07. The first-order chi connectivity index (χ1) is 9.19. The molecule has 1 aromatic carbocycles. The van der Waals surface area contributed by atoms with Gasteiger partial charge in [-0.05, 0) is 29.5 Å². The van der Waals surface area contributed by atoms with E-state index < -0.39 is 10.0 Å². The maximum Gasteiger partial charge on any atom is 0.235 e. The molecule has 0 heterocycles. The van der Waals surface area contributed by atoms with Gasteiger partial charge in [0.1, 0.15) is 0 Å². The number of nitrogens with two attached hydrogens (primary N) is 1. The average molecular weight is 298 g/mol. The van der Waals surface area contributed by atoms with Crippen molar-refractivity contribution in [2.24, 2.45) is 11.1 Å². The van der Waals surface area contributed by atoms with E-state index in [4.69, 9.17) is 5.73 Å². The third kappa shape index (κ3) is 4.80. The lowest BCUT2D eigenvalue weighted by Gasteiger charge is -2.28. The highest BCUT2D eigenvalue weighted by Gasteiger charge is 2.27. The largest absolute Gasteiger partial charge is 0.326 e. The summed E-state index contributed by atoms with van der Waals surface area (Å²) in [5, 5.41) is 0. The van der Waals surface area contributed by atoms with Crippen LogP contribution in [0.5, 0.6) is 0 Å². The molecular weight excluding hydrogens is 272 g/mol. The van der Waals surface area contributed by atoms with E-state index in [1.165, 1.54) is 4.31 Å². The smallest absolute Gasteiger partial charge is 0.235 e. The highest BCUT2D eigenvalue weighted by atomic mass is 32.2. The predicted molar refractivity (Wildman–Crippen MR) is 85.2 cm³/mol. The lowest BCUT2D eigenvalue weighted by Crippen LogP contribution is -2.37. The predicted octanol–water partition coefficient (Wildman–Crippen LogP) is 2.74. The Morgan fingerprint density at radius 3 is 2.10 bits per heavy atom. The maximum absolute atomic E-state index is 12.6. The second-order valence-electron chi connectivity index (χ2n) is 6.26. The number of rotatable bonds is 6. The van der Waals surface area contributed by atoms with Crippen molar-refractivity contribution in [3.8, 4) is 0 Å². The van der Waals surface area contributed by atoms with E-state index in [0.29, 0.717) is 18.8 Å². The van der Waals surface area contributed by atoms with Crippen LogP contribution in [0.25, 0.3) is 0 Å². The van der Waals surface area contributed by atoms with Crippen LogP contribution >= 0.6 is 0 Å². The Morgan fingerprint density at radius 1 is 1.15 bits per heavy atom. The summed E-state index contributed by atoms with van der Waals surface area (Å²) < 4.78 is 26.7. The van der Waals surface area contributed by atoms with Crippen molar-refractivity contribution in [3.05, 3.63) is 29.8 Å².